The standard InChI is InChI=1S/C25H29FN6O3/c1-16(33)32-12-9-19-20(15-32)28-24(17-13-27-30(2)14-17)25(29-19)31-10-7-18(8-11-31)35-22-6-4-5-21(34-3)23(22)26/h4-6,13-14,18H,7-12,15H2,1-3H3. The lowest BCUT2D eigenvalue weighted by Crippen LogP contribution is -2.40. The Bertz CT molecular complexity index is 1240. The SMILES string of the molecule is COc1cccc(OC2CCN(c3nc4c(nc3-c3cnn(C)c3)CN(C(C)=O)CC4)CC2)c1F. The highest BCUT2D eigenvalue weighted by atomic mass is 19.1. The van der Waals surface area contributed by atoms with Crippen LogP contribution in [0.2, 0.25) is 0 Å². The number of aromatic nitrogens is 4. The zero-order chi connectivity index (χ0) is 24.5. The zero-order valence-corrected chi connectivity index (χ0v) is 20.2. The number of nitrogens with zero attached hydrogens (tertiary/aromatic N) is 6. The fourth-order valence-corrected chi connectivity index (χ4v) is 4.65. The van der Waals surface area contributed by atoms with E-state index in [9.17, 15) is 9.18 Å². The Labute approximate surface area is 203 Å². The van der Waals surface area contributed by atoms with Gasteiger partial charge in [0.15, 0.2) is 17.3 Å². The molecule has 0 spiro atoms. The Balaban J connectivity index is 1.38. The maximum absolute atomic E-state index is 14.5. The molecule has 2 aliphatic rings. The van der Waals surface area contributed by atoms with Gasteiger partial charge in [0.25, 0.3) is 0 Å². The van der Waals surface area contributed by atoms with Crippen molar-refractivity contribution in [3.05, 3.63) is 47.8 Å². The Kier molecular flexibility index (Phi) is 6.27. The molecule has 4 heterocycles. The number of ether oxygens (including phenoxy) is 2. The highest BCUT2D eigenvalue weighted by Gasteiger charge is 2.29. The van der Waals surface area contributed by atoms with Gasteiger partial charge in [-0.15, -0.1) is 0 Å². The summed E-state index contributed by atoms with van der Waals surface area (Å²) in [4.78, 5) is 25.9. The molecule has 5 rings (SSSR count). The summed E-state index contributed by atoms with van der Waals surface area (Å²) < 4.78 is 27.3. The summed E-state index contributed by atoms with van der Waals surface area (Å²) in [5, 5.41) is 4.32. The summed E-state index contributed by atoms with van der Waals surface area (Å²) >= 11 is 0. The van der Waals surface area contributed by atoms with E-state index in [1.165, 1.54) is 7.11 Å². The van der Waals surface area contributed by atoms with Gasteiger partial charge in [-0.2, -0.15) is 9.49 Å². The van der Waals surface area contributed by atoms with E-state index in [2.05, 4.69) is 10.00 Å². The number of carbonyl (C=O) groups is 1. The smallest absolute Gasteiger partial charge is 0.219 e. The first-order valence-corrected chi connectivity index (χ1v) is 11.8. The number of piperidine rings is 1. The quantitative estimate of drug-likeness (QED) is 0.555. The third-order valence-corrected chi connectivity index (χ3v) is 6.60. The van der Waals surface area contributed by atoms with E-state index in [1.54, 1.807) is 40.9 Å². The first-order valence-electron chi connectivity index (χ1n) is 11.8. The third-order valence-electron chi connectivity index (χ3n) is 6.60. The molecule has 1 aromatic carbocycles. The van der Waals surface area contributed by atoms with Crippen molar-refractivity contribution in [2.24, 2.45) is 7.05 Å². The van der Waals surface area contributed by atoms with Crippen molar-refractivity contribution in [3.63, 3.8) is 0 Å². The summed E-state index contributed by atoms with van der Waals surface area (Å²) in [5.41, 5.74) is 3.41. The minimum atomic E-state index is -0.476. The van der Waals surface area contributed by atoms with Crippen LogP contribution in [0.25, 0.3) is 11.3 Å². The summed E-state index contributed by atoms with van der Waals surface area (Å²) in [6.07, 6.45) is 5.72. The number of amides is 1. The minimum absolute atomic E-state index is 0.0407. The molecule has 0 bridgehead atoms. The summed E-state index contributed by atoms with van der Waals surface area (Å²) in [7, 11) is 3.31. The van der Waals surface area contributed by atoms with Crippen molar-refractivity contribution in [1.29, 1.82) is 0 Å². The van der Waals surface area contributed by atoms with Gasteiger partial charge in [-0.25, -0.2) is 9.97 Å². The normalized spacial score (nSPS) is 16.2. The molecule has 0 radical (unpaired) electrons. The fourth-order valence-electron chi connectivity index (χ4n) is 4.65. The number of aryl methyl sites for hydroxylation is 1. The van der Waals surface area contributed by atoms with Crippen molar-refractivity contribution >= 4 is 11.7 Å². The predicted molar refractivity (Wildman–Crippen MR) is 128 cm³/mol. The molecule has 9 nitrogen and oxygen atoms in total. The predicted octanol–water partition coefficient (Wildman–Crippen LogP) is 2.98. The van der Waals surface area contributed by atoms with Crippen molar-refractivity contribution in [2.45, 2.75) is 38.8 Å². The Morgan fingerprint density at radius 3 is 2.57 bits per heavy atom. The van der Waals surface area contributed by atoms with Crippen LogP contribution in [0.1, 0.15) is 31.2 Å². The second kappa shape index (κ2) is 9.52. The van der Waals surface area contributed by atoms with Crippen LogP contribution in [-0.2, 0) is 24.8 Å². The van der Waals surface area contributed by atoms with Gasteiger partial charge in [0.2, 0.25) is 11.7 Å². The lowest BCUT2D eigenvalue weighted by atomic mass is 10.1. The molecule has 10 heteroatoms. The lowest BCUT2D eigenvalue weighted by Gasteiger charge is -2.35. The van der Waals surface area contributed by atoms with Crippen LogP contribution in [0.3, 0.4) is 0 Å². The topological polar surface area (TPSA) is 85.6 Å². The van der Waals surface area contributed by atoms with Crippen LogP contribution in [-0.4, -0.2) is 63.4 Å². The fraction of sp³-hybridized carbons (Fsp3) is 0.440. The van der Waals surface area contributed by atoms with Crippen molar-refractivity contribution in [3.8, 4) is 22.8 Å². The van der Waals surface area contributed by atoms with Gasteiger partial charge in [-0.05, 0) is 12.1 Å². The largest absolute Gasteiger partial charge is 0.494 e. The first kappa shape index (κ1) is 23.1. The van der Waals surface area contributed by atoms with E-state index in [1.807, 2.05) is 13.2 Å². The number of rotatable bonds is 5. The number of hydrogen-bond acceptors (Lipinski definition) is 7. The van der Waals surface area contributed by atoms with Gasteiger partial charge in [0, 0.05) is 64.6 Å². The van der Waals surface area contributed by atoms with Crippen LogP contribution in [0, 0.1) is 5.82 Å². The summed E-state index contributed by atoms with van der Waals surface area (Å²) in [5.74, 6) is 0.769. The van der Waals surface area contributed by atoms with E-state index in [0.717, 1.165) is 41.3 Å². The number of carbonyl (C=O) groups excluding carboxylic acids is 1. The minimum Gasteiger partial charge on any atom is -0.494 e. The van der Waals surface area contributed by atoms with E-state index in [-0.39, 0.29) is 23.5 Å². The molecule has 2 aromatic heterocycles. The van der Waals surface area contributed by atoms with Crippen LogP contribution in [0.4, 0.5) is 10.2 Å². The second-order valence-corrected chi connectivity index (χ2v) is 8.96. The van der Waals surface area contributed by atoms with E-state index in [0.29, 0.717) is 32.6 Å². The molecule has 0 N–H and O–H groups in total. The molecule has 3 aromatic rings. The molecule has 1 fully saturated rings. The molecule has 1 amide bonds. The van der Waals surface area contributed by atoms with Crippen LogP contribution >= 0.6 is 0 Å². The number of fused-ring (bicyclic) bond motifs is 1. The van der Waals surface area contributed by atoms with Crippen LogP contribution in [0.15, 0.2) is 30.6 Å². The molecule has 0 saturated carbocycles. The molecule has 0 atom stereocenters. The van der Waals surface area contributed by atoms with Crippen LogP contribution in [0.5, 0.6) is 11.5 Å². The molecule has 0 unspecified atom stereocenters. The van der Waals surface area contributed by atoms with Crippen molar-refractivity contribution in [2.75, 3.05) is 31.6 Å². The molecular weight excluding hydrogens is 451 g/mol. The molecule has 1 saturated heterocycles. The highest BCUT2D eigenvalue weighted by Crippen LogP contribution is 2.33. The maximum atomic E-state index is 14.5. The number of anilines is 1. The summed E-state index contributed by atoms with van der Waals surface area (Å²) in [6.45, 7) is 4.10. The van der Waals surface area contributed by atoms with Gasteiger partial charge in [-0.3, -0.25) is 9.48 Å². The average molecular weight is 481 g/mol. The Morgan fingerprint density at radius 1 is 1.11 bits per heavy atom. The van der Waals surface area contributed by atoms with Crippen molar-refractivity contribution < 1.29 is 18.7 Å². The van der Waals surface area contributed by atoms with Gasteiger partial charge >= 0.3 is 0 Å². The second-order valence-electron chi connectivity index (χ2n) is 8.96. The first-order chi connectivity index (χ1) is 16.9. The molecule has 2 aliphatic heterocycles. The van der Waals surface area contributed by atoms with E-state index in [4.69, 9.17) is 19.4 Å². The molecule has 184 valence electrons. The highest BCUT2D eigenvalue weighted by molar-refractivity contribution is 5.74. The van der Waals surface area contributed by atoms with Gasteiger partial charge in [0.1, 0.15) is 11.8 Å². The Morgan fingerprint density at radius 2 is 1.89 bits per heavy atom. The van der Waals surface area contributed by atoms with Gasteiger partial charge in [-0.1, -0.05) is 6.07 Å². The molecule has 0 aliphatic carbocycles. The maximum Gasteiger partial charge on any atom is 0.219 e. The van der Waals surface area contributed by atoms with E-state index < -0.39 is 5.82 Å². The van der Waals surface area contributed by atoms with Gasteiger partial charge < -0.3 is 19.3 Å². The number of benzene rings is 1. The molecular formula is C25H29FN6O3. The average Bonchev–Trinajstić information content (AvgIpc) is 3.30. The lowest BCUT2D eigenvalue weighted by molar-refractivity contribution is -0.129. The monoisotopic (exact) mass is 480 g/mol. The summed E-state index contributed by atoms with van der Waals surface area (Å²) in [6, 6.07) is 4.93. The number of halogens is 1. The third kappa shape index (κ3) is 4.65. The van der Waals surface area contributed by atoms with Gasteiger partial charge in [0.05, 0.1) is 31.2 Å². The van der Waals surface area contributed by atoms with Crippen LogP contribution < -0.4 is 14.4 Å². The number of methoxy groups -OCH3 is 1. The zero-order valence-electron chi connectivity index (χ0n) is 20.2. The van der Waals surface area contributed by atoms with E-state index >= 15 is 0 Å². The van der Waals surface area contributed by atoms with Crippen molar-refractivity contribution in [1.82, 2.24) is 24.6 Å². The number of hydrogen-bond donors (Lipinski definition) is 0. The Hall–Kier alpha value is -3.69. The molecule has 35 heavy (non-hydrogen) atoms.